The second-order valence-corrected chi connectivity index (χ2v) is 8.88. The molecule has 4 rings (SSSR count). The van der Waals surface area contributed by atoms with Crippen LogP contribution in [-0.2, 0) is 16.1 Å². The van der Waals surface area contributed by atoms with Gasteiger partial charge in [0, 0.05) is 24.4 Å². The molecule has 34 heavy (non-hydrogen) atoms. The quantitative estimate of drug-likeness (QED) is 0.392. The molecule has 0 radical (unpaired) electrons. The lowest BCUT2D eigenvalue weighted by atomic mass is 9.91. The Hall–Kier alpha value is -2.98. The van der Waals surface area contributed by atoms with Crippen molar-refractivity contribution in [2.75, 3.05) is 6.61 Å². The predicted octanol–water partition coefficient (Wildman–Crippen LogP) is 3.11. The first kappa shape index (κ1) is 24.2. The molecular formula is C23H23Cl2N5O4. The number of halogens is 2. The van der Waals surface area contributed by atoms with Crippen molar-refractivity contribution < 1.29 is 19.4 Å². The zero-order valence-electron chi connectivity index (χ0n) is 18.2. The lowest BCUT2D eigenvalue weighted by Gasteiger charge is -2.29. The maximum absolute atomic E-state index is 13.5. The molecule has 2 amide bonds. The highest BCUT2D eigenvalue weighted by molar-refractivity contribution is 6.41. The smallest absolute Gasteiger partial charge is 0.268 e. The number of aromatic nitrogens is 3. The average Bonchev–Trinajstić information content (AvgIpc) is 3.43. The van der Waals surface area contributed by atoms with Crippen LogP contribution in [-0.4, -0.2) is 44.0 Å². The second kappa shape index (κ2) is 10.1. The minimum Gasteiger partial charge on any atom is -0.392 e. The molecule has 1 aliphatic rings. The van der Waals surface area contributed by atoms with Crippen LogP contribution in [0.4, 0.5) is 0 Å². The SMILES string of the molecule is C[C@H](NC(=O)[C@]1(NC(=O)c2cc(Cl)c(Cl)[nH]2)CO[C@H](c2ccccc2)C1)c1ncc(CO)cn1. The molecule has 0 unspecified atom stereocenters. The molecule has 2 aromatic heterocycles. The molecule has 4 N–H and O–H groups in total. The summed E-state index contributed by atoms with van der Waals surface area (Å²) in [7, 11) is 0. The van der Waals surface area contributed by atoms with Gasteiger partial charge in [-0.25, -0.2) is 9.97 Å². The van der Waals surface area contributed by atoms with E-state index < -0.39 is 29.5 Å². The standard InChI is InChI=1S/C23H23Cl2N5O4/c1-13(20-26-9-14(11-31)10-27-20)28-22(33)23(30-21(32)17-7-16(24)19(25)29-17)8-18(34-12-23)15-5-3-2-4-6-15/h2-7,9-10,13,18,29,31H,8,11-12H2,1H3,(H,28,33)(H,30,32)/t13-,18-,23+/m0/s1. The molecule has 0 saturated carbocycles. The number of H-pyrrole nitrogens is 1. The monoisotopic (exact) mass is 503 g/mol. The Bertz CT molecular complexity index is 1150. The third kappa shape index (κ3) is 5.07. The van der Waals surface area contributed by atoms with Gasteiger partial charge in [0.15, 0.2) is 0 Å². The number of aliphatic hydroxyl groups excluding tert-OH is 1. The van der Waals surface area contributed by atoms with Gasteiger partial charge in [0.25, 0.3) is 5.91 Å². The summed E-state index contributed by atoms with van der Waals surface area (Å²) in [5, 5.41) is 15.2. The van der Waals surface area contributed by atoms with Crippen LogP contribution in [0.1, 0.15) is 52.9 Å². The fourth-order valence-corrected chi connectivity index (χ4v) is 4.05. The van der Waals surface area contributed by atoms with E-state index in [-0.39, 0.29) is 35.5 Å². The molecule has 0 aliphatic carbocycles. The van der Waals surface area contributed by atoms with E-state index in [1.807, 2.05) is 30.3 Å². The average molecular weight is 504 g/mol. The third-order valence-corrected chi connectivity index (χ3v) is 6.33. The van der Waals surface area contributed by atoms with Crippen LogP contribution < -0.4 is 10.6 Å². The number of rotatable bonds is 7. The molecule has 3 aromatic rings. The van der Waals surface area contributed by atoms with Crippen molar-refractivity contribution >= 4 is 35.0 Å². The first-order valence-corrected chi connectivity index (χ1v) is 11.3. The molecule has 9 nitrogen and oxygen atoms in total. The van der Waals surface area contributed by atoms with Gasteiger partial charge in [-0.1, -0.05) is 53.5 Å². The molecule has 1 fully saturated rings. The highest BCUT2D eigenvalue weighted by Crippen LogP contribution is 2.36. The first-order chi connectivity index (χ1) is 16.3. The van der Waals surface area contributed by atoms with E-state index in [1.165, 1.54) is 18.5 Å². The van der Waals surface area contributed by atoms with Gasteiger partial charge >= 0.3 is 0 Å². The molecule has 1 aromatic carbocycles. The number of ether oxygens (including phenoxy) is 1. The number of carbonyl (C=O) groups excluding carboxylic acids is 2. The Morgan fingerprint density at radius 1 is 1.26 bits per heavy atom. The zero-order valence-corrected chi connectivity index (χ0v) is 19.7. The molecule has 1 saturated heterocycles. The number of aliphatic hydroxyl groups is 1. The highest BCUT2D eigenvalue weighted by atomic mass is 35.5. The minimum atomic E-state index is -1.36. The normalized spacial score (nSPS) is 20.6. The van der Waals surface area contributed by atoms with Crippen LogP contribution in [0.2, 0.25) is 10.2 Å². The molecule has 0 bridgehead atoms. The highest BCUT2D eigenvalue weighted by Gasteiger charge is 2.48. The first-order valence-electron chi connectivity index (χ1n) is 10.6. The number of amides is 2. The van der Waals surface area contributed by atoms with Crippen molar-refractivity contribution in [3.8, 4) is 0 Å². The Kier molecular flexibility index (Phi) is 7.18. The fraction of sp³-hybridized carbons (Fsp3) is 0.304. The summed E-state index contributed by atoms with van der Waals surface area (Å²) in [5.74, 6) is -0.615. The van der Waals surface area contributed by atoms with Crippen LogP contribution in [0, 0.1) is 0 Å². The Labute approximate surface area is 205 Å². The van der Waals surface area contributed by atoms with E-state index in [2.05, 4.69) is 25.6 Å². The van der Waals surface area contributed by atoms with Gasteiger partial charge < -0.3 is 25.5 Å². The summed E-state index contributed by atoms with van der Waals surface area (Å²) in [5.41, 5.74) is 0.222. The molecule has 3 heterocycles. The molecule has 1 aliphatic heterocycles. The number of aromatic amines is 1. The second-order valence-electron chi connectivity index (χ2n) is 8.10. The van der Waals surface area contributed by atoms with Gasteiger partial charge in [0.2, 0.25) is 5.91 Å². The summed E-state index contributed by atoms with van der Waals surface area (Å²) < 4.78 is 5.96. The van der Waals surface area contributed by atoms with E-state index in [0.29, 0.717) is 11.4 Å². The van der Waals surface area contributed by atoms with Crippen molar-refractivity contribution in [3.05, 3.63) is 81.6 Å². The van der Waals surface area contributed by atoms with E-state index in [9.17, 15) is 14.7 Å². The Morgan fingerprint density at radius 3 is 2.59 bits per heavy atom. The van der Waals surface area contributed by atoms with Crippen LogP contribution >= 0.6 is 23.2 Å². The van der Waals surface area contributed by atoms with Gasteiger partial charge in [0.1, 0.15) is 22.2 Å². The van der Waals surface area contributed by atoms with Crippen molar-refractivity contribution in [3.63, 3.8) is 0 Å². The maximum Gasteiger partial charge on any atom is 0.268 e. The minimum absolute atomic E-state index is 0.0384. The summed E-state index contributed by atoms with van der Waals surface area (Å²) in [6.07, 6.45) is 2.81. The summed E-state index contributed by atoms with van der Waals surface area (Å²) in [6, 6.07) is 10.3. The lowest BCUT2D eigenvalue weighted by Crippen LogP contribution is -2.59. The van der Waals surface area contributed by atoms with Crippen LogP contribution in [0.15, 0.2) is 48.8 Å². The lowest BCUT2D eigenvalue weighted by molar-refractivity contribution is -0.128. The number of carbonyl (C=O) groups is 2. The predicted molar refractivity (Wildman–Crippen MR) is 125 cm³/mol. The van der Waals surface area contributed by atoms with Crippen molar-refractivity contribution in [1.29, 1.82) is 0 Å². The summed E-state index contributed by atoms with van der Waals surface area (Å²) in [6.45, 7) is 1.51. The number of hydrogen-bond donors (Lipinski definition) is 4. The van der Waals surface area contributed by atoms with E-state index in [1.54, 1.807) is 6.92 Å². The molecule has 11 heteroatoms. The van der Waals surface area contributed by atoms with Crippen molar-refractivity contribution in [2.24, 2.45) is 0 Å². The summed E-state index contributed by atoms with van der Waals surface area (Å²) >= 11 is 11.9. The molecule has 178 valence electrons. The van der Waals surface area contributed by atoms with Gasteiger partial charge in [-0.2, -0.15) is 0 Å². The molecule has 3 atom stereocenters. The number of nitrogens with one attached hydrogen (secondary N) is 3. The molecule has 0 spiro atoms. The topological polar surface area (TPSA) is 129 Å². The van der Waals surface area contributed by atoms with Crippen LogP contribution in [0.25, 0.3) is 0 Å². The van der Waals surface area contributed by atoms with E-state index in [4.69, 9.17) is 27.9 Å². The number of hydrogen-bond acceptors (Lipinski definition) is 6. The van der Waals surface area contributed by atoms with Gasteiger partial charge in [0.05, 0.1) is 30.4 Å². The fourth-order valence-electron chi connectivity index (χ4n) is 3.74. The molecular weight excluding hydrogens is 481 g/mol. The summed E-state index contributed by atoms with van der Waals surface area (Å²) in [4.78, 5) is 37.6. The van der Waals surface area contributed by atoms with Gasteiger partial charge in [-0.15, -0.1) is 0 Å². The number of benzene rings is 1. The Morgan fingerprint density at radius 2 is 1.97 bits per heavy atom. The Balaban J connectivity index is 1.57. The zero-order chi connectivity index (χ0) is 24.3. The van der Waals surface area contributed by atoms with Crippen molar-refractivity contribution in [1.82, 2.24) is 25.6 Å². The third-order valence-electron chi connectivity index (χ3n) is 5.64. The van der Waals surface area contributed by atoms with Gasteiger partial charge in [-0.3, -0.25) is 9.59 Å². The van der Waals surface area contributed by atoms with Crippen molar-refractivity contribution in [2.45, 2.75) is 37.6 Å². The van der Waals surface area contributed by atoms with Crippen LogP contribution in [0.5, 0.6) is 0 Å². The van der Waals surface area contributed by atoms with Gasteiger partial charge in [-0.05, 0) is 18.6 Å². The number of nitrogens with zero attached hydrogens (tertiary/aromatic N) is 2. The van der Waals surface area contributed by atoms with E-state index in [0.717, 1.165) is 5.56 Å². The van der Waals surface area contributed by atoms with Crippen LogP contribution in [0.3, 0.4) is 0 Å². The van der Waals surface area contributed by atoms with E-state index >= 15 is 0 Å². The maximum atomic E-state index is 13.5. The largest absolute Gasteiger partial charge is 0.392 e.